The molecule has 0 aromatic heterocycles. The van der Waals surface area contributed by atoms with Gasteiger partial charge in [0.05, 0.1) is 9.52 Å². The first-order chi connectivity index (χ1) is 12.0. The third-order valence-corrected chi connectivity index (χ3v) is 8.13. The Balaban J connectivity index is 2.12. The summed E-state index contributed by atoms with van der Waals surface area (Å²) in [4.78, 5) is 0. The molecule has 1 heteroatoms. The van der Waals surface area contributed by atoms with Crippen molar-refractivity contribution in [2.75, 3.05) is 0 Å². The van der Waals surface area contributed by atoms with E-state index in [0.717, 1.165) is 18.8 Å². The Morgan fingerprint density at radius 3 is 2.04 bits per heavy atom. The minimum Gasteiger partial charge on any atom is -0.0663 e. The molecule has 25 heavy (non-hydrogen) atoms. The van der Waals surface area contributed by atoms with Crippen LogP contribution < -0.4 is 5.19 Å². The molecule has 0 fully saturated rings. The highest BCUT2D eigenvalue weighted by Gasteiger charge is 2.26. The fourth-order valence-corrected chi connectivity index (χ4v) is 6.56. The molecule has 0 spiro atoms. The average Bonchev–Trinajstić information content (AvgIpc) is 2.83. The lowest BCUT2D eigenvalue weighted by atomic mass is 9.93. The van der Waals surface area contributed by atoms with Crippen LogP contribution in [0.1, 0.15) is 78.4 Å². The zero-order chi connectivity index (χ0) is 18.4. The Morgan fingerprint density at radius 2 is 1.48 bits per heavy atom. The third kappa shape index (κ3) is 4.97. The number of unbranched alkanes of at least 4 members (excludes halogenated alkanes) is 2. The maximum Gasteiger partial charge on any atom is 0.0556 e. The predicted octanol–water partition coefficient (Wildman–Crippen LogP) is 5.89. The van der Waals surface area contributed by atoms with Crippen molar-refractivity contribution in [2.24, 2.45) is 5.92 Å². The predicted molar refractivity (Wildman–Crippen MR) is 117 cm³/mol. The van der Waals surface area contributed by atoms with Crippen molar-refractivity contribution < 1.29 is 0 Å². The van der Waals surface area contributed by atoms with Gasteiger partial charge >= 0.3 is 0 Å². The normalized spacial score (nSPS) is 18.2. The summed E-state index contributed by atoms with van der Waals surface area (Å²) < 4.78 is 0. The molecule has 1 unspecified atom stereocenters. The zero-order valence-electron chi connectivity index (χ0n) is 17.5. The molecule has 1 aromatic rings. The quantitative estimate of drug-likeness (QED) is 0.383. The summed E-state index contributed by atoms with van der Waals surface area (Å²) in [6, 6.07) is 8.82. The minimum absolute atomic E-state index is 0.208. The van der Waals surface area contributed by atoms with Gasteiger partial charge in [0, 0.05) is 0 Å². The molecule has 0 N–H and O–H groups in total. The highest BCUT2D eigenvalue weighted by Crippen LogP contribution is 2.41. The van der Waals surface area contributed by atoms with Gasteiger partial charge in [-0.15, -0.1) is 0 Å². The summed E-state index contributed by atoms with van der Waals surface area (Å²) >= 11 is 0. The summed E-state index contributed by atoms with van der Waals surface area (Å²) in [6.45, 7) is 14.0. The first kappa shape index (κ1) is 20.2. The van der Waals surface area contributed by atoms with Crippen molar-refractivity contribution in [3.8, 4) is 0 Å². The molecule has 2 rings (SSSR count). The fourth-order valence-electron chi connectivity index (χ4n) is 4.34. The highest BCUT2D eigenvalue weighted by molar-refractivity contribution is 6.53. The number of hydrogen-bond acceptors (Lipinski definition) is 0. The second-order valence-electron chi connectivity index (χ2n) is 7.87. The monoisotopic (exact) mass is 354 g/mol. The number of aryl methyl sites for hydroxylation is 2. The maximum atomic E-state index is 2.50. The van der Waals surface area contributed by atoms with E-state index >= 15 is 0 Å². The van der Waals surface area contributed by atoms with Crippen LogP contribution in [0.2, 0.25) is 6.04 Å². The molecule has 0 amide bonds. The Kier molecular flexibility index (Phi) is 7.74. The summed E-state index contributed by atoms with van der Waals surface area (Å²) in [6.07, 6.45) is 7.71. The van der Waals surface area contributed by atoms with Crippen LogP contribution in [0.15, 0.2) is 40.5 Å². The van der Waals surface area contributed by atoms with Gasteiger partial charge in [-0.2, -0.15) is 0 Å². The SMILES string of the molecule is CCCCCC1=C(C)C(C)=C(C)C1C[SiH2]c1cc(CC)cc(CC)c1. The Hall–Kier alpha value is -1.08. The molecule has 1 aromatic carbocycles. The molecule has 1 atom stereocenters. The molecule has 0 heterocycles. The maximum absolute atomic E-state index is 2.50. The summed E-state index contributed by atoms with van der Waals surface area (Å²) in [7, 11) is -0.208. The second-order valence-corrected chi connectivity index (χ2v) is 9.77. The van der Waals surface area contributed by atoms with E-state index in [1.807, 2.05) is 0 Å². The number of rotatable bonds is 9. The van der Waals surface area contributed by atoms with E-state index in [2.05, 4.69) is 59.7 Å². The van der Waals surface area contributed by atoms with Crippen molar-refractivity contribution in [3.05, 3.63) is 51.6 Å². The van der Waals surface area contributed by atoms with Crippen LogP contribution >= 0.6 is 0 Å². The van der Waals surface area contributed by atoms with E-state index in [4.69, 9.17) is 0 Å². The van der Waals surface area contributed by atoms with E-state index < -0.39 is 0 Å². The van der Waals surface area contributed by atoms with Crippen LogP contribution in [-0.4, -0.2) is 9.52 Å². The topological polar surface area (TPSA) is 0 Å². The lowest BCUT2D eigenvalue weighted by molar-refractivity contribution is 0.664. The molecule has 1 aliphatic carbocycles. The molecule has 1 aliphatic rings. The molecule has 0 nitrogen and oxygen atoms in total. The standard InChI is InChI=1S/C24H38Si/c1-7-10-11-12-23-18(5)17(4)19(6)24(23)16-25-22-14-20(8-2)13-21(9-3)15-22/h13-15,24H,7-12,16,25H2,1-6H3. The third-order valence-electron chi connectivity index (χ3n) is 6.28. The van der Waals surface area contributed by atoms with E-state index in [0.29, 0.717) is 0 Å². The van der Waals surface area contributed by atoms with Gasteiger partial charge in [-0.1, -0.05) is 68.1 Å². The smallest absolute Gasteiger partial charge is 0.0556 e. The van der Waals surface area contributed by atoms with Gasteiger partial charge < -0.3 is 0 Å². The van der Waals surface area contributed by atoms with Gasteiger partial charge in [-0.05, 0) is 80.7 Å². The molecule has 0 aliphatic heterocycles. The molecule has 138 valence electrons. The molecular formula is C24H38Si. The van der Waals surface area contributed by atoms with E-state index in [9.17, 15) is 0 Å². The van der Waals surface area contributed by atoms with Crippen molar-refractivity contribution in [2.45, 2.75) is 86.1 Å². The van der Waals surface area contributed by atoms with Crippen molar-refractivity contribution in [1.82, 2.24) is 0 Å². The fraction of sp³-hybridized carbons (Fsp3) is 0.583. The number of allylic oxidation sites excluding steroid dienone is 4. The van der Waals surface area contributed by atoms with Gasteiger partial charge in [0.25, 0.3) is 0 Å². The van der Waals surface area contributed by atoms with Crippen LogP contribution in [0, 0.1) is 5.92 Å². The van der Waals surface area contributed by atoms with Crippen LogP contribution in [-0.2, 0) is 12.8 Å². The Labute approximate surface area is 158 Å². The molecule has 0 bridgehead atoms. The first-order valence-corrected chi connectivity index (χ1v) is 12.2. The molecule has 0 saturated heterocycles. The zero-order valence-corrected chi connectivity index (χ0v) is 18.9. The first-order valence-electron chi connectivity index (χ1n) is 10.5. The van der Waals surface area contributed by atoms with Crippen LogP contribution in [0.4, 0.5) is 0 Å². The van der Waals surface area contributed by atoms with Gasteiger partial charge in [0.1, 0.15) is 0 Å². The summed E-state index contributed by atoms with van der Waals surface area (Å²) in [5, 5.41) is 1.68. The molecule has 0 saturated carbocycles. The number of benzene rings is 1. The van der Waals surface area contributed by atoms with Gasteiger partial charge in [0.15, 0.2) is 0 Å². The lowest BCUT2D eigenvalue weighted by Crippen LogP contribution is -2.19. The average molecular weight is 355 g/mol. The number of hydrogen-bond donors (Lipinski definition) is 0. The van der Waals surface area contributed by atoms with Crippen LogP contribution in [0.25, 0.3) is 0 Å². The van der Waals surface area contributed by atoms with Gasteiger partial charge in [-0.25, -0.2) is 0 Å². The van der Waals surface area contributed by atoms with E-state index in [-0.39, 0.29) is 9.52 Å². The van der Waals surface area contributed by atoms with Crippen LogP contribution in [0.5, 0.6) is 0 Å². The summed E-state index contributed by atoms with van der Waals surface area (Å²) in [5.41, 5.74) is 9.71. The lowest BCUT2D eigenvalue weighted by Gasteiger charge is -2.18. The van der Waals surface area contributed by atoms with Crippen LogP contribution in [0.3, 0.4) is 0 Å². The van der Waals surface area contributed by atoms with E-state index in [1.165, 1.54) is 42.9 Å². The van der Waals surface area contributed by atoms with Crippen molar-refractivity contribution in [1.29, 1.82) is 0 Å². The van der Waals surface area contributed by atoms with Gasteiger partial charge in [-0.3, -0.25) is 0 Å². The highest BCUT2D eigenvalue weighted by atomic mass is 28.2. The second kappa shape index (κ2) is 9.57. The summed E-state index contributed by atoms with van der Waals surface area (Å²) in [5.74, 6) is 0.749. The van der Waals surface area contributed by atoms with E-state index in [1.54, 1.807) is 27.5 Å². The molecule has 0 radical (unpaired) electrons. The Morgan fingerprint density at radius 1 is 0.840 bits per heavy atom. The van der Waals surface area contributed by atoms with Crippen molar-refractivity contribution in [3.63, 3.8) is 0 Å². The molecular weight excluding hydrogens is 316 g/mol. The Bertz CT molecular complexity index is 626. The largest absolute Gasteiger partial charge is 0.0663 e. The van der Waals surface area contributed by atoms with Crippen molar-refractivity contribution >= 4 is 14.7 Å². The minimum atomic E-state index is -0.208. The van der Waals surface area contributed by atoms with Gasteiger partial charge in [0.2, 0.25) is 0 Å².